The maximum atomic E-state index is 14.5. The van der Waals surface area contributed by atoms with Gasteiger partial charge >= 0.3 is 0 Å². The molecule has 0 saturated carbocycles. The van der Waals surface area contributed by atoms with Crippen molar-refractivity contribution < 1.29 is 19.4 Å². The summed E-state index contributed by atoms with van der Waals surface area (Å²) in [4.78, 5) is 22.8. The van der Waals surface area contributed by atoms with Crippen LogP contribution >= 0.6 is 11.6 Å². The van der Waals surface area contributed by atoms with E-state index in [0.29, 0.717) is 22.2 Å². The minimum absolute atomic E-state index is 0.0817. The topological polar surface area (TPSA) is 111 Å². The zero-order valence-corrected chi connectivity index (χ0v) is 19.4. The number of pyridine rings is 2. The van der Waals surface area contributed by atoms with Gasteiger partial charge in [0.15, 0.2) is 5.82 Å². The van der Waals surface area contributed by atoms with Crippen LogP contribution in [-0.2, 0) is 0 Å². The summed E-state index contributed by atoms with van der Waals surface area (Å²) in [5, 5.41) is 26.2. The Labute approximate surface area is 196 Å². The molecule has 0 saturated heterocycles. The minimum Gasteiger partial charge on any atom is -0.493 e. The molecule has 1 aromatic carbocycles. The number of halogens is 2. The van der Waals surface area contributed by atoms with Crippen LogP contribution in [0.4, 0.5) is 21.6 Å². The van der Waals surface area contributed by atoms with Crippen molar-refractivity contribution in [1.82, 2.24) is 15.3 Å². The molecular weight excluding hydrogens is 449 g/mol. The van der Waals surface area contributed by atoms with Crippen molar-refractivity contribution in [3.05, 3.63) is 59.1 Å². The summed E-state index contributed by atoms with van der Waals surface area (Å²) >= 11 is 6.03. The van der Waals surface area contributed by atoms with Crippen molar-refractivity contribution in [3.63, 3.8) is 0 Å². The monoisotopic (exact) mass is 473 g/mol. The highest BCUT2D eigenvalue weighted by Crippen LogP contribution is 2.38. The zero-order chi connectivity index (χ0) is 24.3. The molecule has 10 heteroatoms. The number of carbonyl (C=O) groups excluding carboxylic acids is 1. The summed E-state index contributed by atoms with van der Waals surface area (Å²) in [6, 6.07) is 7.15. The van der Waals surface area contributed by atoms with Gasteiger partial charge in [-0.1, -0.05) is 11.6 Å². The second kappa shape index (κ2) is 9.60. The molecule has 4 N–H and O–H groups in total. The van der Waals surface area contributed by atoms with Crippen LogP contribution in [0.5, 0.6) is 5.88 Å². The Kier molecular flexibility index (Phi) is 7.04. The first-order valence-corrected chi connectivity index (χ1v) is 10.4. The van der Waals surface area contributed by atoms with Crippen molar-refractivity contribution in [3.8, 4) is 17.0 Å². The van der Waals surface area contributed by atoms with Crippen LogP contribution in [0.25, 0.3) is 11.1 Å². The predicted octanol–water partition coefficient (Wildman–Crippen LogP) is 3.95. The van der Waals surface area contributed by atoms with Gasteiger partial charge in [0.25, 0.3) is 5.91 Å². The molecule has 2 heterocycles. The highest BCUT2D eigenvalue weighted by molar-refractivity contribution is 6.30. The number of aliphatic hydroxyl groups is 1. The Morgan fingerprint density at radius 1 is 1.18 bits per heavy atom. The van der Waals surface area contributed by atoms with Crippen LogP contribution < -0.4 is 15.5 Å². The van der Waals surface area contributed by atoms with E-state index in [1.807, 2.05) is 0 Å². The molecule has 0 radical (unpaired) electrons. The Morgan fingerprint density at radius 3 is 2.58 bits per heavy atom. The molecule has 0 unspecified atom stereocenters. The minimum atomic E-state index is -0.837. The third-order valence-corrected chi connectivity index (χ3v) is 5.04. The van der Waals surface area contributed by atoms with E-state index >= 15 is 0 Å². The zero-order valence-electron chi connectivity index (χ0n) is 18.6. The van der Waals surface area contributed by atoms with Gasteiger partial charge in [0.2, 0.25) is 5.88 Å². The number of carbonyl (C=O) groups is 1. The lowest BCUT2D eigenvalue weighted by Crippen LogP contribution is -2.46. The van der Waals surface area contributed by atoms with Crippen LogP contribution in [0.3, 0.4) is 0 Å². The maximum Gasteiger partial charge on any atom is 0.255 e. The summed E-state index contributed by atoms with van der Waals surface area (Å²) in [5.74, 6) is -1.03. The number of anilines is 3. The van der Waals surface area contributed by atoms with Gasteiger partial charge in [0.05, 0.1) is 29.1 Å². The van der Waals surface area contributed by atoms with Crippen LogP contribution in [-0.4, -0.2) is 52.3 Å². The lowest BCUT2D eigenvalue weighted by Gasteiger charge is -2.24. The molecule has 8 nitrogen and oxygen atoms in total. The highest BCUT2D eigenvalue weighted by Gasteiger charge is 2.23. The molecule has 0 fully saturated rings. The molecule has 0 atom stereocenters. The predicted molar refractivity (Wildman–Crippen MR) is 127 cm³/mol. The van der Waals surface area contributed by atoms with Gasteiger partial charge in [-0.05, 0) is 44.2 Å². The van der Waals surface area contributed by atoms with Crippen molar-refractivity contribution in [2.45, 2.75) is 19.4 Å². The number of aliphatic hydroxyl groups excluding tert-OH is 1. The molecule has 174 valence electrons. The van der Waals surface area contributed by atoms with Crippen LogP contribution in [0.1, 0.15) is 24.2 Å². The van der Waals surface area contributed by atoms with Gasteiger partial charge < -0.3 is 25.7 Å². The molecular formula is C23H25ClFN5O3. The normalized spacial score (nSPS) is 11.2. The van der Waals surface area contributed by atoms with E-state index in [1.54, 1.807) is 38.9 Å². The maximum absolute atomic E-state index is 14.5. The molecule has 0 aliphatic heterocycles. The summed E-state index contributed by atoms with van der Waals surface area (Å²) in [6.07, 6.45) is 2.91. The lowest BCUT2D eigenvalue weighted by molar-refractivity contribution is 0.0870. The first kappa shape index (κ1) is 24.2. The standard InChI is InChI=1S/C23H25ClFN5O3/c1-23(2,12-31)29-22(33)16-11-26-8-7-18(16)27-19-10-15(21(32)28-20(19)30(3)4)14-9-13(24)5-6-17(14)25/h5-11,31H,12H2,1-4H3,(H,26,27)(H,28,32)(H,29,33). The Balaban J connectivity index is 2.09. The van der Waals surface area contributed by atoms with E-state index in [9.17, 15) is 19.4 Å². The highest BCUT2D eigenvalue weighted by atomic mass is 35.5. The average molecular weight is 474 g/mol. The van der Waals surface area contributed by atoms with Gasteiger partial charge in [-0.3, -0.25) is 9.78 Å². The van der Waals surface area contributed by atoms with Gasteiger partial charge in [0.1, 0.15) is 5.82 Å². The largest absolute Gasteiger partial charge is 0.493 e. The molecule has 0 aliphatic carbocycles. The number of hydrogen-bond donors (Lipinski definition) is 4. The molecule has 0 spiro atoms. The van der Waals surface area contributed by atoms with E-state index in [1.165, 1.54) is 36.7 Å². The number of rotatable bonds is 7. The average Bonchev–Trinajstić information content (AvgIpc) is 2.76. The van der Waals surface area contributed by atoms with Crippen LogP contribution in [0.2, 0.25) is 5.02 Å². The van der Waals surface area contributed by atoms with E-state index < -0.39 is 17.3 Å². The van der Waals surface area contributed by atoms with Gasteiger partial charge in [-0.25, -0.2) is 4.39 Å². The Hall–Kier alpha value is -3.43. The fraction of sp³-hybridized carbons (Fsp3) is 0.261. The first-order chi connectivity index (χ1) is 15.5. The number of nitrogens with one attached hydrogen (secondary N) is 2. The molecule has 33 heavy (non-hydrogen) atoms. The molecule has 3 aromatic rings. The number of hydrogen-bond acceptors (Lipinski definition) is 7. The third-order valence-electron chi connectivity index (χ3n) is 4.81. The summed E-state index contributed by atoms with van der Waals surface area (Å²) < 4.78 is 14.5. The number of benzene rings is 1. The second-order valence-corrected chi connectivity index (χ2v) is 8.73. The summed E-state index contributed by atoms with van der Waals surface area (Å²) in [7, 11) is 3.47. The summed E-state index contributed by atoms with van der Waals surface area (Å²) in [5.41, 5.74) is 0.421. The van der Waals surface area contributed by atoms with Crippen molar-refractivity contribution in [2.24, 2.45) is 0 Å². The van der Waals surface area contributed by atoms with E-state index in [0.717, 1.165) is 0 Å². The summed E-state index contributed by atoms with van der Waals surface area (Å²) in [6.45, 7) is 3.13. The van der Waals surface area contributed by atoms with Crippen LogP contribution in [0, 0.1) is 5.82 Å². The third kappa shape index (κ3) is 5.50. The fourth-order valence-electron chi connectivity index (χ4n) is 3.07. The molecule has 2 aromatic heterocycles. The first-order valence-electron chi connectivity index (χ1n) is 10.0. The number of aromatic hydroxyl groups is 1. The van der Waals surface area contributed by atoms with Gasteiger partial charge in [0, 0.05) is 42.6 Å². The molecule has 0 aliphatic rings. The van der Waals surface area contributed by atoms with E-state index in [4.69, 9.17) is 11.6 Å². The fourth-order valence-corrected chi connectivity index (χ4v) is 3.24. The van der Waals surface area contributed by atoms with Crippen molar-refractivity contribution in [1.29, 1.82) is 0 Å². The van der Waals surface area contributed by atoms with Crippen molar-refractivity contribution >= 4 is 34.7 Å². The van der Waals surface area contributed by atoms with Gasteiger partial charge in [-0.15, -0.1) is 0 Å². The Bertz CT molecular complexity index is 1190. The molecule has 0 bridgehead atoms. The molecule has 3 rings (SSSR count). The van der Waals surface area contributed by atoms with Gasteiger partial charge in [-0.2, -0.15) is 4.98 Å². The Morgan fingerprint density at radius 2 is 1.91 bits per heavy atom. The number of aromatic nitrogens is 2. The van der Waals surface area contributed by atoms with E-state index in [-0.39, 0.29) is 29.2 Å². The lowest BCUT2D eigenvalue weighted by atomic mass is 10.0. The van der Waals surface area contributed by atoms with Crippen LogP contribution in [0.15, 0.2) is 42.7 Å². The van der Waals surface area contributed by atoms with E-state index in [2.05, 4.69) is 20.6 Å². The number of amides is 1. The SMILES string of the molecule is CN(C)c1nc(O)c(-c2cc(Cl)ccc2F)cc1Nc1ccncc1C(=O)NC(C)(C)CO. The smallest absolute Gasteiger partial charge is 0.255 e. The quantitative estimate of drug-likeness (QED) is 0.411. The second-order valence-electron chi connectivity index (χ2n) is 8.29. The number of nitrogens with zero attached hydrogens (tertiary/aromatic N) is 3. The van der Waals surface area contributed by atoms with Crippen molar-refractivity contribution in [2.75, 3.05) is 30.9 Å². The molecule has 1 amide bonds.